The van der Waals surface area contributed by atoms with Crippen molar-refractivity contribution in [3.63, 3.8) is 0 Å². The molecule has 0 bridgehead atoms. The van der Waals surface area contributed by atoms with Crippen molar-refractivity contribution in [2.24, 2.45) is 11.3 Å². The van der Waals surface area contributed by atoms with Gasteiger partial charge in [0, 0.05) is 15.8 Å². The third kappa shape index (κ3) is 3.22. The molecular formula is C16H21ClN2OS. The van der Waals surface area contributed by atoms with E-state index in [1.807, 2.05) is 18.2 Å². The molecule has 1 spiro atoms. The number of nitrogens with one attached hydrogen (secondary N) is 2. The number of carbonyl (C=O) groups is 1. The summed E-state index contributed by atoms with van der Waals surface area (Å²) in [5, 5.41) is 7.14. The van der Waals surface area contributed by atoms with Crippen LogP contribution in [0.15, 0.2) is 23.1 Å². The number of hydrogen-bond acceptors (Lipinski definition) is 3. The van der Waals surface area contributed by atoms with E-state index < -0.39 is 0 Å². The standard InChI is InChI=1S/C16H21ClN2OS/c1-2-21-14-4-3-11(17)9-13(14)19-15(20)12-10-16(12)5-7-18-8-6-16/h3-4,9,12,18H,2,5-8,10H2,1H3,(H,19,20). The lowest BCUT2D eigenvalue weighted by Gasteiger charge is -2.23. The van der Waals surface area contributed by atoms with E-state index in [-0.39, 0.29) is 17.2 Å². The van der Waals surface area contributed by atoms with E-state index in [1.54, 1.807) is 11.8 Å². The molecule has 2 N–H and O–H groups in total. The van der Waals surface area contributed by atoms with Gasteiger partial charge < -0.3 is 10.6 Å². The maximum Gasteiger partial charge on any atom is 0.228 e. The van der Waals surface area contributed by atoms with Crippen molar-refractivity contribution in [1.82, 2.24) is 5.32 Å². The van der Waals surface area contributed by atoms with E-state index in [0.717, 1.165) is 48.7 Å². The minimum atomic E-state index is 0.164. The highest BCUT2D eigenvalue weighted by atomic mass is 35.5. The van der Waals surface area contributed by atoms with E-state index >= 15 is 0 Å². The molecule has 3 rings (SSSR count). The van der Waals surface area contributed by atoms with Gasteiger partial charge in [0.15, 0.2) is 0 Å². The molecule has 2 fully saturated rings. The zero-order valence-electron chi connectivity index (χ0n) is 12.2. The summed E-state index contributed by atoms with van der Waals surface area (Å²) in [6.07, 6.45) is 3.28. The molecule has 1 unspecified atom stereocenters. The van der Waals surface area contributed by atoms with Crippen molar-refractivity contribution < 1.29 is 4.79 Å². The smallest absolute Gasteiger partial charge is 0.228 e. The summed E-state index contributed by atoms with van der Waals surface area (Å²) in [5.41, 5.74) is 1.13. The fourth-order valence-electron chi connectivity index (χ4n) is 3.30. The Labute approximate surface area is 135 Å². The number of carbonyl (C=O) groups excluding carboxylic acids is 1. The molecular weight excluding hydrogens is 304 g/mol. The van der Waals surface area contributed by atoms with Crippen LogP contribution in [0.3, 0.4) is 0 Å². The van der Waals surface area contributed by atoms with Gasteiger partial charge >= 0.3 is 0 Å². The summed E-state index contributed by atoms with van der Waals surface area (Å²) in [4.78, 5) is 13.6. The van der Waals surface area contributed by atoms with Gasteiger partial charge in [-0.15, -0.1) is 11.8 Å². The minimum Gasteiger partial charge on any atom is -0.325 e. The molecule has 1 saturated heterocycles. The van der Waals surface area contributed by atoms with E-state index in [4.69, 9.17) is 11.6 Å². The first-order valence-electron chi connectivity index (χ1n) is 7.58. The van der Waals surface area contributed by atoms with E-state index in [2.05, 4.69) is 17.6 Å². The largest absolute Gasteiger partial charge is 0.325 e. The van der Waals surface area contributed by atoms with Crippen LogP contribution in [0.1, 0.15) is 26.2 Å². The first-order chi connectivity index (χ1) is 10.1. The van der Waals surface area contributed by atoms with Gasteiger partial charge in [-0.25, -0.2) is 0 Å². The number of anilines is 1. The Morgan fingerprint density at radius 1 is 1.48 bits per heavy atom. The second kappa shape index (κ2) is 6.19. The first-order valence-corrected chi connectivity index (χ1v) is 8.95. The van der Waals surface area contributed by atoms with Gasteiger partial charge in [-0.05, 0) is 61.7 Å². The van der Waals surface area contributed by atoms with Gasteiger partial charge in [0.05, 0.1) is 5.69 Å². The number of halogens is 1. The van der Waals surface area contributed by atoms with E-state index in [1.165, 1.54) is 0 Å². The number of rotatable bonds is 4. The van der Waals surface area contributed by atoms with Crippen LogP contribution in [0.4, 0.5) is 5.69 Å². The summed E-state index contributed by atoms with van der Waals surface area (Å²) in [6, 6.07) is 5.72. The molecule has 1 saturated carbocycles. The summed E-state index contributed by atoms with van der Waals surface area (Å²) >= 11 is 7.80. The molecule has 2 aliphatic rings. The number of amides is 1. The van der Waals surface area contributed by atoms with Gasteiger partial charge in [0.25, 0.3) is 0 Å². The average Bonchev–Trinajstić information content (AvgIpc) is 3.16. The molecule has 1 amide bonds. The van der Waals surface area contributed by atoms with Crippen molar-refractivity contribution in [2.45, 2.75) is 31.1 Å². The molecule has 1 aromatic rings. The monoisotopic (exact) mass is 324 g/mol. The molecule has 114 valence electrons. The molecule has 1 atom stereocenters. The van der Waals surface area contributed by atoms with Crippen LogP contribution in [-0.2, 0) is 4.79 Å². The summed E-state index contributed by atoms with van der Waals surface area (Å²) in [7, 11) is 0. The van der Waals surface area contributed by atoms with Crippen LogP contribution in [-0.4, -0.2) is 24.7 Å². The van der Waals surface area contributed by atoms with E-state index in [0.29, 0.717) is 5.02 Å². The lowest BCUT2D eigenvalue weighted by atomic mass is 9.92. The molecule has 0 aromatic heterocycles. The zero-order valence-corrected chi connectivity index (χ0v) is 13.8. The number of benzene rings is 1. The van der Waals surface area contributed by atoms with Crippen LogP contribution >= 0.6 is 23.4 Å². The van der Waals surface area contributed by atoms with E-state index in [9.17, 15) is 4.79 Å². The van der Waals surface area contributed by atoms with Gasteiger partial charge in [0.1, 0.15) is 0 Å². The Hall–Kier alpha value is -0.710. The summed E-state index contributed by atoms with van der Waals surface area (Å²) in [6.45, 7) is 4.19. The Morgan fingerprint density at radius 2 is 2.24 bits per heavy atom. The van der Waals surface area contributed by atoms with Crippen LogP contribution in [0, 0.1) is 11.3 Å². The Kier molecular flexibility index (Phi) is 4.48. The second-order valence-electron chi connectivity index (χ2n) is 5.93. The normalized spacial score (nSPS) is 23.0. The highest BCUT2D eigenvalue weighted by molar-refractivity contribution is 7.99. The lowest BCUT2D eigenvalue weighted by Crippen LogP contribution is -2.31. The molecule has 0 radical (unpaired) electrons. The first kappa shape index (κ1) is 15.2. The second-order valence-corrected chi connectivity index (χ2v) is 7.67. The number of piperidine rings is 1. The van der Waals surface area contributed by atoms with Crippen molar-refractivity contribution >= 4 is 35.0 Å². The molecule has 1 heterocycles. The number of hydrogen-bond donors (Lipinski definition) is 2. The highest BCUT2D eigenvalue weighted by Crippen LogP contribution is 2.58. The molecule has 3 nitrogen and oxygen atoms in total. The van der Waals surface area contributed by atoms with Crippen molar-refractivity contribution in [3.05, 3.63) is 23.2 Å². The van der Waals surface area contributed by atoms with Crippen LogP contribution in [0.5, 0.6) is 0 Å². The third-order valence-corrected chi connectivity index (χ3v) is 5.80. The quantitative estimate of drug-likeness (QED) is 0.828. The Morgan fingerprint density at radius 3 is 2.95 bits per heavy atom. The third-order valence-electron chi connectivity index (χ3n) is 4.60. The lowest BCUT2D eigenvalue weighted by molar-refractivity contribution is -0.118. The predicted octanol–water partition coefficient (Wildman–Crippen LogP) is 3.78. The Bertz CT molecular complexity index is 543. The van der Waals surface area contributed by atoms with Gasteiger partial charge in [-0.2, -0.15) is 0 Å². The SMILES string of the molecule is CCSc1ccc(Cl)cc1NC(=O)C1CC12CCNCC2. The molecule has 5 heteroatoms. The predicted molar refractivity (Wildman–Crippen MR) is 89.1 cm³/mol. The minimum absolute atomic E-state index is 0.164. The molecule has 1 aliphatic carbocycles. The van der Waals surface area contributed by atoms with Gasteiger partial charge in [-0.1, -0.05) is 18.5 Å². The highest BCUT2D eigenvalue weighted by Gasteiger charge is 2.57. The summed E-state index contributed by atoms with van der Waals surface area (Å²) in [5.74, 6) is 1.32. The molecule has 1 aliphatic heterocycles. The fraction of sp³-hybridized carbons (Fsp3) is 0.562. The van der Waals surface area contributed by atoms with Crippen molar-refractivity contribution in [3.8, 4) is 0 Å². The maximum atomic E-state index is 12.5. The van der Waals surface area contributed by atoms with Crippen LogP contribution in [0.25, 0.3) is 0 Å². The van der Waals surface area contributed by atoms with Crippen LogP contribution < -0.4 is 10.6 Å². The van der Waals surface area contributed by atoms with Gasteiger partial charge in [0.2, 0.25) is 5.91 Å². The molecule has 1 aromatic carbocycles. The summed E-state index contributed by atoms with van der Waals surface area (Å²) < 4.78 is 0. The number of thioether (sulfide) groups is 1. The van der Waals surface area contributed by atoms with Gasteiger partial charge in [-0.3, -0.25) is 4.79 Å². The Balaban J connectivity index is 1.69. The topological polar surface area (TPSA) is 41.1 Å². The maximum absolute atomic E-state index is 12.5. The average molecular weight is 325 g/mol. The van der Waals surface area contributed by atoms with Crippen molar-refractivity contribution in [1.29, 1.82) is 0 Å². The fourth-order valence-corrected chi connectivity index (χ4v) is 4.21. The van der Waals surface area contributed by atoms with Crippen molar-refractivity contribution in [2.75, 3.05) is 24.2 Å². The van der Waals surface area contributed by atoms with Crippen LogP contribution in [0.2, 0.25) is 5.02 Å². The zero-order chi connectivity index (χ0) is 14.9. The molecule has 21 heavy (non-hydrogen) atoms.